The van der Waals surface area contributed by atoms with Crippen LogP contribution in [-0.4, -0.2) is 26.7 Å². The first-order valence-corrected chi connectivity index (χ1v) is 7.39. The Morgan fingerprint density at radius 3 is 2.39 bits per heavy atom. The van der Waals surface area contributed by atoms with Gasteiger partial charge in [0.05, 0.1) is 30.0 Å². The molecule has 5 nitrogen and oxygen atoms in total. The highest BCUT2D eigenvalue weighted by molar-refractivity contribution is 6.42. The number of hydrogen-bond donors (Lipinski definition) is 1. The van der Waals surface area contributed by atoms with E-state index < -0.39 is 0 Å². The Kier molecular flexibility index (Phi) is 5.96. The molecule has 2 aromatic rings. The molecule has 0 aliphatic carbocycles. The lowest BCUT2D eigenvalue weighted by Gasteiger charge is -2.12. The first-order chi connectivity index (χ1) is 11.0. The van der Waals surface area contributed by atoms with E-state index in [0.29, 0.717) is 33.0 Å². The highest BCUT2D eigenvalue weighted by atomic mass is 35.5. The minimum Gasteiger partial charge on any atom is -0.497 e. The molecule has 7 heteroatoms. The van der Waals surface area contributed by atoms with Crippen molar-refractivity contribution in [2.45, 2.75) is 0 Å². The second-order valence-electron chi connectivity index (χ2n) is 4.48. The number of halogens is 2. The molecule has 0 bridgehead atoms. The summed E-state index contributed by atoms with van der Waals surface area (Å²) in [6.07, 6.45) is 0. The minimum absolute atomic E-state index is 0.182. The molecule has 2 rings (SSSR count). The van der Waals surface area contributed by atoms with Crippen LogP contribution >= 0.6 is 23.2 Å². The van der Waals surface area contributed by atoms with Gasteiger partial charge in [-0.2, -0.15) is 0 Å². The molecule has 2 aromatic carbocycles. The van der Waals surface area contributed by atoms with Gasteiger partial charge in [0.1, 0.15) is 17.2 Å². The second-order valence-corrected chi connectivity index (χ2v) is 5.29. The third-order valence-corrected chi connectivity index (χ3v) is 3.68. The molecule has 0 aliphatic heterocycles. The molecule has 0 fully saturated rings. The van der Waals surface area contributed by atoms with Gasteiger partial charge in [-0.3, -0.25) is 4.79 Å². The molecule has 0 heterocycles. The molecule has 0 aliphatic rings. The quantitative estimate of drug-likeness (QED) is 0.849. The first-order valence-electron chi connectivity index (χ1n) is 6.63. The van der Waals surface area contributed by atoms with E-state index in [4.69, 9.17) is 37.4 Å². The molecular weight excluding hydrogens is 341 g/mol. The molecule has 0 spiro atoms. The van der Waals surface area contributed by atoms with E-state index in [1.54, 1.807) is 43.5 Å². The van der Waals surface area contributed by atoms with Gasteiger partial charge in [-0.25, -0.2) is 0 Å². The monoisotopic (exact) mass is 355 g/mol. The van der Waals surface area contributed by atoms with Crippen LogP contribution < -0.4 is 19.5 Å². The highest BCUT2D eigenvalue weighted by Crippen LogP contribution is 2.29. The molecule has 0 atom stereocenters. The Morgan fingerprint density at radius 2 is 1.74 bits per heavy atom. The van der Waals surface area contributed by atoms with E-state index in [1.165, 1.54) is 7.11 Å². The number of ether oxygens (including phenoxy) is 3. The van der Waals surface area contributed by atoms with Crippen LogP contribution in [0.15, 0.2) is 36.4 Å². The van der Waals surface area contributed by atoms with Gasteiger partial charge < -0.3 is 19.5 Å². The van der Waals surface area contributed by atoms with Crippen LogP contribution in [-0.2, 0) is 4.79 Å². The summed E-state index contributed by atoms with van der Waals surface area (Å²) >= 11 is 11.7. The Hall–Kier alpha value is -2.11. The van der Waals surface area contributed by atoms with Crippen molar-refractivity contribution in [3.05, 3.63) is 46.4 Å². The fraction of sp³-hybridized carbons (Fsp3) is 0.188. The summed E-state index contributed by atoms with van der Waals surface area (Å²) in [5, 5.41) is 3.49. The maximum atomic E-state index is 12.0. The van der Waals surface area contributed by atoms with Crippen LogP contribution in [0, 0.1) is 0 Å². The Balaban J connectivity index is 2.00. The molecule has 0 aromatic heterocycles. The van der Waals surface area contributed by atoms with Crippen molar-refractivity contribution in [3.8, 4) is 17.2 Å². The van der Waals surface area contributed by atoms with Gasteiger partial charge >= 0.3 is 0 Å². The SMILES string of the molecule is COc1ccc(OC)c(NC(=O)COc2ccc(Cl)c(Cl)c2)c1. The molecular formula is C16H15Cl2NO4. The van der Waals surface area contributed by atoms with Crippen molar-refractivity contribution >= 4 is 34.8 Å². The summed E-state index contributed by atoms with van der Waals surface area (Å²) < 4.78 is 15.7. The average molecular weight is 356 g/mol. The fourth-order valence-electron chi connectivity index (χ4n) is 1.81. The van der Waals surface area contributed by atoms with Gasteiger partial charge in [0.25, 0.3) is 5.91 Å². The van der Waals surface area contributed by atoms with Crippen molar-refractivity contribution in [2.24, 2.45) is 0 Å². The van der Waals surface area contributed by atoms with Gasteiger partial charge in [0, 0.05) is 12.1 Å². The summed E-state index contributed by atoms with van der Waals surface area (Å²) in [7, 11) is 3.06. The van der Waals surface area contributed by atoms with Crippen molar-refractivity contribution in [2.75, 3.05) is 26.1 Å². The van der Waals surface area contributed by atoms with E-state index in [2.05, 4.69) is 5.32 Å². The summed E-state index contributed by atoms with van der Waals surface area (Å²) in [6.45, 7) is -0.182. The second kappa shape index (κ2) is 7.94. The van der Waals surface area contributed by atoms with Crippen LogP contribution in [0.2, 0.25) is 10.0 Å². The number of rotatable bonds is 6. The zero-order valence-corrected chi connectivity index (χ0v) is 14.1. The van der Waals surface area contributed by atoms with Crippen molar-refractivity contribution in [3.63, 3.8) is 0 Å². The van der Waals surface area contributed by atoms with E-state index in [0.717, 1.165) is 0 Å². The summed E-state index contributed by atoms with van der Waals surface area (Å²) in [6, 6.07) is 9.88. The third kappa shape index (κ3) is 4.68. The van der Waals surface area contributed by atoms with E-state index >= 15 is 0 Å². The van der Waals surface area contributed by atoms with Gasteiger partial charge in [-0.05, 0) is 24.3 Å². The third-order valence-electron chi connectivity index (χ3n) is 2.94. The number of carbonyl (C=O) groups is 1. The van der Waals surface area contributed by atoms with Crippen LogP contribution in [0.1, 0.15) is 0 Å². The topological polar surface area (TPSA) is 56.8 Å². The molecule has 23 heavy (non-hydrogen) atoms. The maximum absolute atomic E-state index is 12.0. The zero-order valence-electron chi connectivity index (χ0n) is 12.6. The minimum atomic E-state index is -0.345. The lowest BCUT2D eigenvalue weighted by atomic mass is 10.2. The maximum Gasteiger partial charge on any atom is 0.262 e. The summed E-state index contributed by atoms with van der Waals surface area (Å²) in [5.74, 6) is 1.23. The van der Waals surface area contributed by atoms with Crippen LogP contribution in [0.25, 0.3) is 0 Å². The molecule has 0 saturated heterocycles. The predicted molar refractivity (Wildman–Crippen MR) is 90.1 cm³/mol. The molecule has 0 radical (unpaired) electrons. The summed E-state index contributed by atoms with van der Waals surface area (Å²) in [5.41, 5.74) is 0.495. The van der Waals surface area contributed by atoms with E-state index in [9.17, 15) is 4.79 Å². The number of anilines is 1. The number of methoxy groups -OCH3 is 2. The number of carbonyl (C=O) groups excluding carboxylic acids is 1. The molecule has 1 amide bonds. The standard InChI is InChI=1S/C16H15Cl2NO4/c1-21-10-4-6-15(22-2)14(8-10)19-16(20)9-23-11-3-5-12(17)13(18)7-11/h3-8H,9H2,1-2H3,(H,19,20). The highest BCUT2D eigenvalue weighted by Gasteiger charge is 2.10. The first kappa shape index (κ1) is 17.2. The van der Waals surface area contributed by atoms with Crippen molar-refractivity contribution in [1.29, 1.82) is 0 Å². The van der Waals surface area contributed by atoms with Gasteiger partial charge in [0.15, 0.2) is 6.61 Å². The van der Waals surface area contributed by atoms with Crippen molar-refractivity contribution < 1.29 is 19.0 Å². The summed E-state index contributed by atoms with van der Waals surface area (Å²) in [4.78, 5) is 12.0. The van der Waals surface area contributed by atoms with Crippen molar-refractivity contribution in [1.82, 2.24) is 0 Å². The Morgan fingerprint density at radius 1 is 1.00 bits per heavy atom. The Labute approximate surface area is 144 Å². The normalized spacial score (nSPS) is 10.1. The van der Waals surface area contributed by atoms with Crippen LogP contribution in [0.3, 0.4) is 0 Å². The molecule has 0 unspecified atom stereocenters. The van der Waals surface area contributed by atoms with Crippen LogP contribution in [0.4, 0.5) is 5.69 Å². The lowest BCUT2D eigenvalue weighted by molar-refractivity contribution is -0.118. The Bertz CT molecular complexity index is 706. The van der Waals surface area contributed by atoms with Gasteiger partial charge in [-0.1, -0.05) is 23.2 Å². The largest absolute Gasteiger partial charge is 0.497 e. The zero-order chi connectivity index (χ0) is 16.8. The number of amides is 1. The average Bonchev–Trinajstić information content (AvgIpc) is 2.55. The molecule has 1 N–H and O–H groups in total. The number of hydrogen-bond acceptors (Lipinski definition) is 4. The predicted octanol–water partition coefficient (Wildman–Crippen LogP) is 4.03. The molecule has 0 saturated carbocycles. The number of nitrogens with one attached hydrogen (secondary N) is 1. The number of benzene rings is 2. The lowest BCUT2D eigenvalue weighted by Crippen LogP contribution is -2.20. The molecule has 122 valence electrons. The van der Waals surface area contributed by atoms with Gasteiger partial charge in [-0.15, -0.1) is 0 Å². The van der Waals surface area contributed by atoms with Gasteiger partial charge in [0.2, 0.25) is 0 Å². The van der Waals surface area contributed by atoms with E-state index in [1.807, 2.05) is 0 Å². The fourth-order valence-corrected chi connectivity index (χ4v) is 2.10. The van der Waals surface area contributed by atoms with E-state index in [-0.39, 0.29) is 12.5 Å². The smallest absolute Gasteiger partial charge is 0.262 e. The van der Waals surface area contributed by atoms with Crippen LogP contribution in [0.5, 0.6) is 17.2 Å².